The Morgan fingerprint density at radius 1 is 0.781 bits per heavy atom. The van der Waals surface area contributed by atoms with Gasteiger partial charge in [0.1, 0.15) is 5.75 Å². The quantitative estimate of drug-likeness (QED) is 0.200. The SMILES string of the molecule is CCCCCCCCCCCCCCOc1ccc(N=Cc2ccc(C(=O)O)cc2)cc1. The summed E-state index contributed by atoms with van der Waals surface area (Å²) in [6.07, 6.45) is 17.9. The van der Waals surface area contributed by atoms with Gasteiger partial charge in [-0.3, -0.25) is 4.99 Å². The zero-order valence-electron chi connectivity index (χ0n) is 19.6. The number of carboxylic acids is 1. The highest BCUT2D eigenvalue weighted by Gasteiger charge is 2.00. The van der Waals surface area contributed by atoms with E-state index in [9.17, 15) is 4.79 Å². The minimum Gasteiger partial charge on any atom is -0.494 e. The van der Waals surface area contributed by atoms with Gasteiger partial charge in [0, 0.05) is 6.21 Å². The van der Waals surface area contributed by atoms with E-state index in [1.165, 1.54) is 70.6 Å². The standard InChI is InChI=1S/C28H39NO3/c1-2-3-4-5-6-7-8-9-10-11-12-13-22-32-27-20-18-26(19-21-27)29-23-24-14-16-25(17-15-24)28(30)31/h14-21,23H,2-13,22H2,1H3,(H,30,31). The normalized spacial score (nSPS) is 11.2. The average Bonchev–Trinajstić information content (AvgIpc) is 2.81. The summed E-state index contributed by atoms with van der Waals surface area (Å²) in [7, 11) is 0. The number of hydrogen-bond donors (Lipinski definition) is 1. The van der Waals surface area contributed by atoms with Gasteiger partial charge in [0.2, 0.25) is 0 Å². The second kappa shape index (κ2) is 16.1. The molecule has 0 aliphatic rings. The average molecular weight is 438 g/mol. The predicted octanol–water partition coefficient (Wildman–Crippen LogP) is 8.22. The van der Waals surface area contributed by atoms with Crippen LogP contribution in [0.1, 0.15) is 99.9 Å². The van der Waals surface area contributed by atoms with E-state index in [0.717, 1.165) is 30.0 Å². The number of nitrogens with zero attached hydrogens (tertiary/aromatic N) is 1. The molecular formula is C28H39NO3. The number of aromatic carboxylic acids is 1. The second-order valence-corrected chi connectivity index (χ2v) is 8.42. The van der Waals surface area contributed by atoms with Gasteiger partial charge in [-0.15, -0.1) is 0 Å². The summed E-state index contributed by atoms with van der Waals surface area (Å²) in [5, 5.41) is 8.94. The molecule has 2 aromatic rings. The Balaban J connectivity index is 1.52. The first kappa shape index (κ1) is 25.6. The van der Waals surface area contributed by atoms with Crippen molar-refractivity contribution >= 4 is 17.9 Å². The van der Waals surface area contributed by atoms with Gasteiger partial charge in [-0.2, -0.15) is 0 Å². The van der Waals surface area contributed by atoms with E-state index >= 15 is 0 Å². The van der Waals surface area contributed by atoms with Gasteiger partial charge in [0.05, 0.1) is 17.9 Å². The van der Waals surface area contributed by atoms with Crippen molar-refractivity contribution in [3.05, 3.63) is 59.7 Å². The maximum Gasteiger partial charge on any atom is 0.335 e. The Kier molecular flexibility index (Phi) is 12.9. The molecule has 4 nitrogen and oxygen atoms in total. The van der Waals surface area contributed by atoms with Crippen LogP contribution >= 0.6 is 0 Å². The Morgan fingerprint density at radius 2 is 1.31 bits per heavy atom. The van der Waals surface area contributed by atoms with Crippen molar-refractivity contribution < 1.29 is 14.6 Å². The van der Waals surface area contributed by atoms with E-state index in [4.69, 9.17) is 9.84 Å². The fourth-order valence-corrected chi connectivity index (χ4v) is 3.62. The largest absolute Gasteiger partial charge is 0.494 e. The lowest BCUT2D eigenvalue weighted by molar-refractivity contribution is 0.0697. The summed E-state index contributed by atoms with van der Waals surface area (Å²) in [5.41, 5.74) is 1.98. The van der Waals surface area contributed by atoms with Crippen molar-refractivity contribution in [2.45, 2.75) is 84.0 Å². The molecule has 0 atom stereocenters. The van der Waals surface area contributed by atoms with Crippen molar-refractivity contribution in [3.8, 4) is 5.75 Å². The first-order valence-electron chi connectivity index (χ1n) is 12.3. The van der Waals surface area contributed by atoms with Gasteiger partial charge in [-0.25, -0.2) is 4.79 Å². The van der Waals surface area contributed by atoms with Crippen LogP contribution in [0.15, 0.2) is 53.5 Å². The number of rotatable bonds is 17. The van der Waals surface area contributed by atoms with E-state index in [0.29, 0.717) is 0 Å². The molecule has 174 valence electrons. The molecule has 2 aromatic carbocycles. The van der Waals surface area contributed by atoms with Gasteiger partial charge >= 0.3 is 5.97 Å². The molecular weight excluding hydrogens is 398 g/mol. The molecule has 0 fully saturated rings. The third-order valence-corrected chi connectivity index (χ3v) is 5.62. The number of hydrogen-bond acceptors (Lipinski definition) is 3. The van der Waals surface area contributed by atoms with Crippen LogP contribution in [0, 0.1) is 0 Å². The molecule has 2 rings (SSSR count). The van der Waals surface area contributed by atoms with Crippen LogP contribution in [0.4, 0.5) is 5.69 Å². The van der Waals surface area contributed by atoms with Crippen LogP contribution in [0.2, 0.25) is 0 Å². The van der Waals surface area contributed by atoms with Crippen molar-refractivity contribution in [1.82, 2.24) is 0 Å². The molecule has 0 saturated heterocycles. The third kappa shape index (κ3) is 11.1. The van der Waals surface area contributed by atoms with Gasteiger partial charge in [-0.1, -0.05) is 89.7 Å². The predicted molar refractivity (Wildman–Crippen MR) is 134 cm³/mol. The lowest BCUT2D eigenvalue weighted by Crippen LogP contribution is -1.97. The summed E-state index contributed by atoms with van der Waals surface area (Å²) in [5.74, 6) is -0.0505. The molecule has 0 aliphatic heterocycles. The van der Waals surface area contributed by atoms with Gasteiger partial charge < -0.3 is 9.84 Å². The Morgan fingerprint density at radius 3 is 1.84 bits per heavy atom. The molecule has 0 aliphatic carbocycles. The van der Waals surface area contributed by atoms with E-state index in [1.807, 2.05) is 24.3 Å². The molecule has 4 heteroatoms. The number of aliphatic imine (C=N–C) groups is 1. The second-order valence-electron chi connectivity index (χ2n) is 8.42. The minimum absolute atomic E-state index is 0.275. The third-order valence-electron chi connectivity index (χ3n) is 5.62. The van der Waals surface area contributed by atoms with E-state index in [2.05, 4.69) is 11.9 Å². The van der Waals surface area contributed by atoms with Crippen LogP contribution in [-0.2, 0) is 0 Å². The summed E-state index contributed by atoms with van der Waals surface area (Å²) in [6, 6.07) is 14.4. The summed E-state index contributed by atoms with van der Waals surface area (Å²) >= 11 is 0. The minimum atomic E-state index is -0.924. The highest BCUT2D eigenvalue weighted by atomic mass is 16.5. The zero-order chi connectivity index (χ0) is 22.9. The summed E-state index contributed by atoms with van der Waals surface area (Å²) in [4.78, 5) is 15.3. The van der Waals surface area contributed by atoms with Crippen molar-refractivity contribution in [2.75, 3.05) is 6.61 Å². The van der Waals surface area contributed by atoms with Crippen molar-refractivity contribution in [2.24, 2.45) is 4.99 Å². The van der Waals surface area contributed by atoms with E-state index in [1.54, 1.807) is 30.5 Å². The van der Waals surface area contributed by atoms with Crippen LogP contribution in [0.25, 0.3) is 0 Å². The molecule has 0 spiro atoms. The Labute approximate surface area is 193 Å². The van der Waals surface area contributed by atoms with E-state index < -0.39 is 5.97 Å². The van der Waals surface area contributed by atoms with Crippen LogP contribution in [-0.4, -0.2) is 23.9 Å². The molecule has 0 amide bonds. The van der Waals surface area contributed by atoms with Crippen LogP contribution < -0.4 is 4.74 Å². The van der Waals surface area contributed by atoms with Crippen LogP contribution in [0.5, 0.6) is 5.75 Å². The highest BCUT2D eigenvalue weighted by Crippen LogP contribution is 2.19. The number of benzene rings is 2. The molecule has 0 heterocycles. The number of ether oxygens (including phenoxy) is 1. The fraction of sp³-hybridized carbons (Fsp3) is 0.500. The smallest absolute Gasteiger partial charge is 0.335 e. The van der Waals surface area contributed by atoms with Crippen LogP contribution in [0.3, 0.4) is 0 Å². The zero-order valence-corrected chi connectivity index (χ0v) is 19.6. The molecule has 0 bridgehead atoms. The Bertz CT molecular complexity index is 781. The maximum absolute atomic E-state index is 10.9. The molecule has 0 aromatic heterocycles. The number of carboxylic acid groups (broad SMARTS) is 1. The number of unbranched alkanes of at least 4 members (excludes halogenated alkanes) is 11. The van der Waals surface area contributed by atoms with E-state index in [-0.39, 0.29) is 5.56 Å². The van der Waals surface area contributed by atoms with Crippen molar-refractivity contribution in [1.29, 1.82) is 0 Å². The first-order chi connectivity index (χ1) is 15.7. The highest BCUT2D eigenvalue weighted by molar-refractivity contribution is 5.89. The maximum atomic E-state index is 10.9. The van der Waals surface area contributed by atoms with Gasteiger partial charge in [0.25, 0.3) is 0 Å². The molecule has 0 radical (unpaired) electrons. The Hall–Kier alpha value is -2.62. The lowest BCUT2D eigenvalue weighted by Gasteiger charge is -2.06. The monoisotopic (exact) mass is 437 g/mol. The number of carbonyl (C=O) groups is 1. The van der Waals surface area contributed by atoms with Gasteiger partial charge in [-0.05, 0) is 48.4 Å². The molecule has 0 unspecified atom stereocenters. The molecule has 32 heavy (non-hydrogen) atoms. The summed E-state index contributed by atoms with van der Waals surface area (Å²) in [6.45, 7) is 3.03. The van der Waals surface area contributed by atoms with Crippen molar-refractivity contribution in [3.63, 3.8) is 0 Å². The lowest BCUT2D eigenvalue weighted by atomic mass is 10.1. The molecule has 0 saturated carbocycles. The first-order valence-corrected chi connectivity index (χ1v) is 12.3. The van der Waals surface area contributed by atoms with Gasteiger partial charge in [0.15, 0.2) is 0 Å². The topological polar surface area (TPSA) is 58.9 Å². The summed E-state index contributed by atoms with van der Waals surface area (Å²) < 4.78 is 5.84. The molecule has 1 N–H and O–H groups in total. The fourth-order valence-electron chi connectivity index (χ4n) is 3.62.